The minimum atomic E-state index is -0.795. The number of nitrogens with one attached hydrogen (secondary N) is 1. The van der Waals surface area contributed by atoms with Crippen LogP contribution in [-0.4, -0.2) is 43.7 Å². The van der Waals surface area contributed by atoms with E-state index in [1.54, 1.807) is 0 Å². The largest absolute Gasteiger partial charge is 0.363 e. The zero-order valence-electron chi connectivity index (χ0n) is 13.8. The Morgan fingerprint density at radius 3 is 2.68 bits per heavy atom. The Bertz CT molecular complexity index is 752. The van der Waals surface area contributed by atoms with Crippen molar-refractivity contribution in [3.05, 3.63) is 23.4 Å². The van der Waals surface area contributed by atoms with Crippen molar-refractivity contribution in [3.63, 3.8) is 0 Å². The van der Waals surface area contributed by atoms with Crippen molar-refractivity contribution in [2.75, 3.05) is 6.54 Å². The van der Waals surface area contributed by atoms with Crippen LogP contribution in [0.15, 0.2) is 9.05 Å². The Morgan fingerprint density at radius 2 is 2.08 bits per heavy atom. The number of carbonyl (C=O) groups excluding carboxylic acids is 2. The molecule has 0 spiro atoms. The fourth-order valence-electron chi connectivity index (χ4n) is 2.34. The average Bonchev–Trinajstić information content (AvgIpc) is 3.18. The molecule has 1 fully saturated rings. The minimum Gasteiger partial charge on any atom is -0.363 e. The average molecular weight is 349 g/mol. The first-order valence-corrected chi connectivity index (χ1v) is 8.04. The lowest BCUT2D eigenvalue weighted by molar-refractivity contribution is 0.0987. The van der Waals surface area contributed by atoms with Gasteiger partial charge in [-0.05, 0) is 19.8 Å². The zero-order chi connectivity index (χ0) is 17.8. The standard InChI is InChI=1S/C14H19N7O4/c1-2-21(7-9-17-13(25-19-9)8-4-3-5-8)14(23)16-6-10-18-12(11(15)22)20-24-10/h8H,2-7H2,1H3,(H2,15,22)(H,16,23). The van der Waals surface area contributed by atoms with Crippen LogP contribution in [0.2, 0.25) is 0 Å². The monoisotopic (exact) mass is 349 g/mol. The molecule has 1 aliphatic rings. The van der Waals surface area contributed by atoms with Crippen LogP contribution in [0.4, 0.5) is 4.79 Å². The smallest absolute Gasteiger partial charge is 0.318 e. The highest BCUT2D eigenvalue weighted by Crippen LogP contribution is 2.35. The van der Waals surface area contributed by atoms with Gasteiger partial charge in [0.25, 0.3) is 11.7 Å². The Morgan fingerprint density at radius 1 is 1.28 bits per heavy atom. The highest BCUT2D eigenvalue weighted by Gasteiger charge is 2.26. The van der Waals surface area contributed by atoms with E-state index in [4.69, 9.17) is 14.8 Å². The lowest BCUT2D eigenvalue weighted by Crippen LogP contribution is -2.39. The summed E-state index contributed by atoms with van der Waals surface area (Å²) in [6.45, 7) is 2.50. The van der Waals surface area contributed by atoms with Gasteiger partial charge in [0.15, 0.2) is 5.82 Å². The van der Waals surface area contributed by atoms with Crippen LogP contribution in [0.1, 0.15) is 60.3 Å². The Hall–Kier alpha value is -2.98. The molecule has 0 atom stereocenters. The molecule has 2 heterocycles. The van der Waals surface area contributed by atoms with Gasteiger partial charge in [0.2, 0.25) is 11.8 Å². The molecule has 3 rings (SSSR count). The van der Waals surface area contributed by atoms with Gasteiger partial charge >= 0.3 is 6.03 Å². The predicted molar refractivity (Wildman–Crippen MR) is 82.0 cm³/mol. The van der Waals surface area contributed by atoms with Gasteiger partial charge in [-0.3, -0.25) is 4.79 Å². The van der Waals surface area contributed by atoms with E-state index in [1.807, 2.05) is 6.92 Å². The van der Waals surface area contributed by atoms with E-state index in [-0.39, 0.29) is 30.8 Å². The van der Waals surface area contributed by atoms with Crippen LogP contribution < -0.4 is 11.1 Å². The van der Waals surface area contributed by atoms with Crippen LogP contribution in [0.5, 0.6) is 0 Å². The fraction of sp³-hybridized carbons (Fsp3) is 0.571. The van der Waals surface area contributed by atoms with Crippen LogP contribution in [-0.2, 0) is 13.1 Å². The highest BCUT2D eigenvalue weighted by atomic mass is 16.5. The zero-order valence-corrected chi connectivity index (χ0v) is 13.8. The molecule has 1 saturated carbocycles. The van der Waals surface area contributed by atoms with E-state index in [1.165, 1.54) is 11.3 Å². The number of amides is 3. The molecule has 0 aromatic carbocycles. The second kappa shape index (κ2) is 7.28. The van der Waals surface area contributed by atoms with Crippen LogP contribution in [0, 0.1) is 0 Å². The normalized spacial score (nSPS) is 14.1. The molecule has 134 valence electrons. The van der Waals surface area contributed by atoms with Gasteiger partial charge in [-0.25, -0.2) is 4.79 Å². The molecule has 25 heavy (non-hydrogen) atoms. The maximum Gasteiger partial charge on any atom is 0.318 e. The summed E-state index contributed by atoms with van der Waals surface area (Å²) in [5.74, 6) is 0.519. The molecular formula is C14H19N7O4. The molecule has 3 N–H and O–H groups in total. The number of hydrogen-bond donors (Lipinski definition) is 2. The van der Waals surface area contributed by atoms with Crippen LogP contribution in [0.25, 0.3) is 0 Å². The van der Waals surface area contributed by atoms with E-state index in [0.717, 1.165) is 12.8 Å². The van der Waals surface area contributed by atoms with Gasteiger partial charge in [0.1, 0.15) is 0 Å². The summed E-state index contributed by atoms with van der Waals surface area (Å²) < 4.78 is 10.1. The third-order valence-corrected chi connectivity index (χ3v) is 4.02. The van der Waals surface area contributed by atoms with Crippen LogP contribution in [0.3, 0.4) is 0 Å². The third-order valence-electron chi connectivity index (χ3n) is 4.02. The second-order valence-corrected chi connectivity index (χ2v) is 5.73. The molecule has 0 unspecified atom stereocenters. The number of carbonyl (C=O) groups is 2. The predicted octanol–water partition coefficient (Wildman–Crippen LogP) is 0.551. The molecule has 11 heteroatoms. The number of primary amides is 1. The number of hydrogen-bond acceptors (Lipinski definition) is 8. The number of nitrogens with two attached hydrogens (primary N) is 1. The summed E-state index contributed by atoms with van der Waals surface area (Å²) in [7, 11) is 0. The van der Waals surface area contributed by atoms with Crippen molar-refractivity contribution < 1.29 is 18.6 Å². The van der Waals surface area contributed by atoms with Crippen molar-refractivity contribution in [1.82, 2.24) is 30.5 Å². The quantitative estimate of drug-likeness (QED) is 0.734. The molecular weight excluding hydrogens is 330 g/mol. The lowest BCUT2D eigenvalue weighted by atomic mass is 9.85. The van der Waals surface area contributed by atoms with E-state index in [2.05, 4.69) is 25.6 Å². The van der Waals surface area contributed by atoms with E-state index in [0.29, 0.717) is 24.2 Å². The topological polar surface area (TPSA) is 153 Å². The van der Waals surface area contributed by atoms with Gasteiger partial charge in [-0.2, -0.15) is 9.97 Å². The summed E-state index contributed by atoms with van der Waals surface area (Å²) in [5.41, 5.74) is 5.03. The first-order valence-electron chi connectivity index (χ1n) is 8.04. The fourth-order valence-corrected chi connectivity index (χ4v) is 2.34. The SMILES string of the molecule is CCN(Cc1noc(C2CCC2)n1)C(=O)NCc1nc(C(N)=O)no1. The van der Waals surface area contributed by atoms with E-state index >= 15 is 0 Å². The number of nitrogens with zero attached hydrogens (tertiary/aromatic N) is 5. The molecule has 2 aromatic rings. The maximum atomic E-state index is 12.2. The van der Waals surface area contributed by atoms with Gasteiger partial charge in [0, 0.05) is 12.5 Å². The molecule has 0 radical (unpaired) electrons. The summed E-state index contributed by atoms with van der Waals surface area (Å²) >= 11 is 0. The third kappa shape index (κ3) is 3.92. The van der Waals surface area contributed by atoms with Crippen molar-refractivity contribution in [1.29, 1.82) is 0 Å². The molecule has 0 aliphatic heterocycles. The van der Waals surface area contributed by atoms with E-state index < -0.39 is 5.91 Å². The lowest BCUT2D eigenvalue weighted by Gasteiger charge is -2.20. The van der Waals surface area contributed by atoms with Gasteiger partial charge < -0.3 is 25.0 Å². The highest BCUT2D eigenvalue weighted by molar-refractivity contribution is 5.88. The first-order chi connectivity index (χ1) is 12.1. The summed E-state index contributed by atoms with van der Waals surface area (Å²) in [5, 5.41) is 9.96. The molecule has 1 aliphatic carbocycles. The van der Waals surface area contributed by atoms with Crippen molar-refractivity contribution in [2.24, 2.45) is 5.73 Å². The van der Waals surface area contributed by atoms with Crippen molar-refractivity contribution in [3.8, 4) is 0 Å². The van der Waals surface area contributed by atoms with Gasteiger partial charge in [-0.1, -0.05) is 16.7 Å². The summed E-state index contributed by atoms with van der Waals surface area (Å²) in [6.07, 6.45) is 3.31. The molecule has 2 aromatic heterocycles. The summed E-state index contributed by atoms with van der Waals surface area (Å²) in [6, 6.07) is -0.351. The number of urea groups is 1. The minimum absolute atomic E-state index is 0.0187. The molecule has 0 saturated heterocycles. The van der Waals surface area contributed by atoms with Gasteiger partial charge in [-0.15, -0.1) is 0 Å². The van der Waals surface area contributed by atoms with Gasteiger partial charge in [0.05, 0.1) is 13.1 Å². The van der Waals surface area contributed by atoms with Crippen LogP contribution >= 0.6 is 0 Å². The Labute approximate surface area is 142 Å². The molecule has 3 amide bonds. The second-order valence-electron chi connectivity index (χ2n) is 5.73. The number of rotatable bonds is 7. The van der Waals surface area contributed by atoms with E-state index in [9.17, 15) is 9.59 Å². The Kier molecular flexibility index (Phi) is 4.91. The maximum absolute atomic E-state index is 12.2. The summed E-state index contributed by atoms with van der Waals surface area (Å²) in [4.78, 5) is 32.8. The number of aromatic nitrogens is 4. The van der Waals surface area contributed by atoms with Crippen molar-refractivity contribution in [2.45, 2.75) is 45.2 Å². The first kappa shape index (κ1) is 16.9. The molecule has 0 bridgehead atoms. The Balaban J connectivity index is 1.53. The van der Waals surface area contributed by atoms with Crippen molar-refractivity contribution >= 4 is 11.9 Å². The molecule has 11 nitrogen and oxygen atoms in total.